The molecule has 1 rings (SSSR count). The van der Waals surface area contributed by atoms with E-state index in [-0.39, 0.29) is 0 Å². The molecule has 0 bridgehead atoms. The second-order valence-corrected chi connectivity index (χ2v) is 3.36. The molecule has 1 aromatic rings. The van der Waals surface area contributed by atoms with Gasteiger partial charge in [-0.1, -0.05) is 36.4 Å². The molecule has 0 unspecified atom stereocenters. The standard InChI is InChI=1S/C12H13N3O2/c1-9(7-10-5-3-2-4-6-10)8-14-15-12(17)11(13)16/h2-8H,1H3,(H2,13,16)(H,15,17). The van der Waals surface area contributed by atoms with Crippen molar-refractivity contribution in [1.82, 2.24) is 5.43 Å². The van der Waals surface area contributed by atoms with Crippen molar-refractivity contribution in [1.29, 1.82) is 0 Å². The van der Waals surface area contributed by atoms with Crippen LogP contribution in [-0.4, -0.2) is 18.0 Å². The van der Waals surface area contributed by atoms with E-state index in [4.69, 9.17) is 5.73 Å². The molecule has 17 heavy (non-hydrogen) atoms. The Bertz CT molecular complexity index is 464. The smallest absolute Gasteiger partial charge is 0.329 e. The lowest BCUT2D eigenvalue weighted by molar-refractivity contribution is -0.137. The van der Waals surface area contributed by atoms with Gasteiger partial charge in [0.25, 0.3) is 0 Å². The Labute approximate surface area is 99.0 Å². The summed E-state index contributed by atoms with van der Waals surface area (Å²) in [6, 6.07) is 9.66. The van der Waals surface area contributed by atoms with Crippen molar-refractivity contribution >= 4 is 24.1 Å². The fraction of sp³-hybridized carbons (Fsp3) is 0.0833. The average molecular weight is 231 g/mol. The lowest BCUT2D eigenvalue weighted by atomic mass is 10.1. The van der Waals surface area contributed by atoms with Crippen LogP contribution in [0.2, 0.25) is 0 Å². The number of rotatable bonds is 3. The second kappa shape index (κ2) is 6.22. The summed E-state index contributed by atoms with van der Waals surface area (Å²) in [5.41, 5.74) is 8.61. The molecule has 0 aliphatic carbocycles. The maximum Gasteiger partial charge on any atom is 0.329 e. The number of allylic oxidation sites excluding steroid dienone is 1. The molecule has 88 valence electrons. The van der Waals surface area contributed by atoms with Crippen LogP contribution in [0.5, 0.6) is 0 Å². The maximum atomic E-state index is 10.8. The van der Waals surface area contributed by atoms with Gasteiger partial charge in [0, 0.05) is 0 Å². The lowest BCUT2D eigenvalue weighted by Crippen LogP contribution is -2.32. The summed E-state index contributed by atoms with van der Waals surface area (Å²) >= 11 is 0. The van der Waals surface area contributed by atoms with Crippen LogP contribution in [-0.2, 0) is 9.59 Å². The van der Waals surface area contributed by atoms with Crippen LogP contribution < -0.4 is 11.2 Å². The summed E-state index contributed by atoms with van der Waals surface area (Å²) in [7, 11) is 0. The van der Waals surface area contributed by atoms with Crippen LogP contribution in [0.25, 0.3) is 6.08 Å². The van der Waals surface area contributed by atoms with Crippen LogP contribution in [0, 0.1) is 0 Å². The zero-order chi connectivity index (χ0) is 12.7. The quantitative estimate of drug-likeness (QED) is 0.455. The van der Waals surface area contributed by atoms with Crippen molar-refractivity contribution in [3.63, 3.8) is 0 Å². The number of primary amides is 1. The van der Waals surface area contributed by atoms with Gasteiger partial charge in [0.1, 0.15) is 0 Å². The van der Waals surface area contributed by atoms with E-state index in [9.17, 15) is 9.59 Å². The monoisotopic (exact) mass is 231 g/mol. The molecule has 0 saturated carbocycles. The minimum Gasteiger partial charge on any atom is -0.361 e. The van der Waals surface area contributed by atoms with E-state index >= 15 is 0 Å². The molecular weight excluding hydrogens is 218 g/mol. The molecule has 0 radical (unpaired) electrons. The molecule has 1 aromatic carbocycles. The van der Waals surface area contributed by atoms with E-state index in [1.54, 1.807) is 0 Å². The summed E-state index contributed by atoms with van der Waals surface area (Å²) in [5, 5.41) is 3.59. The van der Waals surface area contributed by atoms with E-state index in [2.05, 4.69) is 5.10 Å². The van der Waals surface area contributed by atoms with Crippen molar-refractivity contribution in [2.45, 2.75) is 6.92 Å². The average Bonchev–Trinajstić information content (AvgIpc) is 2.30. The van der Waals surface area contributed by atoms with E-state index in [1.807, 2.05) is 48.8 Å². The molecule has 0 fully saturated rings. The Kier molecular flexibility index (Phi) is 4.62. The molecule has 0 atom stereocenters. The van der Waals surface area contributed by atoms with Gasteiger partial charge in [0.15, 0.2) is 0 Å². The highest BCUT2D eigenvalue weighted by molar-refractivity contribution is 6.34. The molecule has 0 heterocycles. The molecule has 5 nitrogen and oxygen atoms in total. The van der Waals surface area contributed by atoms with Gasteiger partial charge in [0.2, 0.25) is 0 Å². The van der Waals surface area contributed by atoms with Gasteiger partial charge < -0.3 is 5.73 Å². The van der Waals surface area contributed by atoms with Crippen molar-refractivity contribution in [2.24, 2.45) is 10.8 Å². The summed E-state index contributed by atoms with van der Waals surface area (Å²) in [6.07, 6.45) is 3.33. The highest BCUT2D eigenvalue weighted by Crippen LogP contribution is 2.04. The second-order valence-electron chi connectivity index (χ2n) is 3.36. The number of benzene rings is 1. The topological polar surface area (TPSA) is 84.6 Å². The molecule has 0 saturated heterocycles. The predicted molar refractivity (Wildman–Crippen MR) is 65.9 cm³/mol. The zero-order valence-corrected chi connectivity index (χ0v) is 9.38. The number of carbonyl (C=O) groups excluding carboxylic acids is 2. The first-order valence-electron chi connectivity index (χ1n) is 4.96. The summed E-state index contributed by atoms with van der Waals surface area (Å²) in [5.74, 6) is -2.00. The molecule has 3 N–H and O–H groups in total. The zero-order valence-electron chi connectivity index (χ0n) is 9.38. The number of nitrogens with one attached hydrogen (secondary N) is 1. The summed E-state index contributed by atoms with van der Waals surface area (Å²) < 4.78 is 0. The van der Waals surface area contributed by atoms with E-state index in [1.165, 1.54) is 6.21 Å². The minimum atomic E-state index is -1.06. The molecular formula is C12H13N3O2. The first kappa shape index (κ1) is 12.6. The number of nitrogens with two attached hydrogens (primary N) is 1. The Morgan fingerprint density at radius 3 is 2.53 bits per heavy atom. The van der Waals surface area contributed by atoms with Crippen LogP contribution in [0.15, 0.2) is 41.0 Å². The van der Waals surface area contributed by atoms with Crippen molar-refractivity contribution in [2.75, 3.05) is 0 Å². The molecule has 2 amide bonds. The van der Waals surface area contributed by atoms with Gasteiger partial charge >= 0.3 is 11.8 Å². The maximum absolute atomic E-state index is 10.8. The van der Waals surface area contributed by atoms with Crippen LogP contribution >= 0.6 is 0 Å². The Morgan fingerprint density at radius 2 is 1.94 bits per heavy atom. The third-order valence-corrected chi connectivity index (χ3v) is 1.85. The van der Waals surface area contributed by atoms with Crippen molar-refractivity contribution < 1.29 is 9.59 Å². The molecule has 0 aliphatic rings. The van der Waals surface area contributed by atoms with Crippen LogP contribution in [0.1, 0.15) is 12.5 Å². The fourth-order valence-corrected chi connectivity index (χ4v) is 1.10. The van der Waals surface area contributed by atoms with Gasteiger partial charge in [-0.15, -0.1) is 0 Å². The van der Waals surface area contributed by atoms with Gasteiger partial charge in [-0.2, -0.15) is 5.10 Å². The van der Waals surface area contributed by atoms with Gasteiger partial charge in [-0.25, -0.2) is 5.43 Å². The lowest BCUT2D eigenvalue weighted by Gasteiger charge is -1.95. The molecule has 5 heteroatoms. The van der Waals surface area contributed by atoms with Crippen LogP contribution in [0.4, 0.5) is 0 Å². The van der Waals surface area contributed by atoms with E-state index < -0.39 is 11.8 Å². The minimum absolute atomic E-state index is 0.834. The number of amides is 2. The Balaban J connectivity index is 2.58. The van der Waals surface area contributed by atoms with Gasteiger partial charge in [-0.05, 0) is 18.1 Å². The molecule has 0 spiro atoms. The third-order valence-electron chi connectivity index (χ3n) is 1.85. The third kappa shape index (κ3) is 4.74. The predicted octanol–water partition coefficient (Wildman–Crippen LogP) is 0.677. The number of nitrogens with zero attached hydrogens (tertiary/aromatic N) is 1. The highest BCUT2D eigenvalue weighted by Gasteiger charge is 2.04. The van der Waals surface area contributed by atoms with Crippen molar-refractivity contribution in [3.05, 3.63) is 41.5 Å². The number of hydrogen-bond acceptors (Lipinski definition) is 3. The number of carbonyl (C=O) groups is 2. The first-order chi connectivity index (χ1) is 8.09. The van der Waals surface area contributed by atoms with E-state index in [0.717, 1.165) is 11.1 Å². The summed E-state index contributed by atoms with van der Waals surface area (Å²) in [4.78, 5) is 21.2. The molecule has 0 aromatic heterocycles. The SMILES string of the molecule is CC(C=NNC(=O)C(N)=O)=Cc1ccccc1. The van der Waals surface area contributed by atoms with Crippen molar-refractivity contribution in [3.8, 4) is 0 Å². The Morgan fingerprint density at radius 1 is 1.29 bits per heavy atom. The largest absolute Gasteiger partial charge is 0.361 e. The van der Waals surface area contributed by atoms with Crippen LogP contribution in [0.3, 0.4) is 0 Å². The normalized spacial score (nSPS) is 11.5. The summed E-state index contributed by atoms with van der Waals surface area (Å²) in [6.45, 7) is 1.83. The van der Waals surface area contributed by atoms with Gasteiger partial charge in [0.05, 0.1) is 6.21 Å². The number of hydrazone groups is 1. The highest BCUT2D eigenvalue weighted by atomic mass is 16.2. The first-order valence-corrected chi connectivity index (χ1v) is 4.96. The Hall–Kier alpha value is -2.43. The fourth-order valence-electron chi connectivity index (χ4n) is 1.10. The van der Waals surface area contributed by atoms with E-state index in [0.29, 0.717) is 0 Å². The van der Waals surface area contributed by atoms with Gasteiger partial charge in [-0.3, -0.25) is 9.59 Å². The molecule has 0 aliphatic heterocycles. The number of hydrogen-bond donors (Lipinski definition) is 2.